The van der Waals surface area contributed by atoms with Gasteiger partial charge in [0, 0.05) is 17.5 Å². The van der Waals surface area contributed by atoms with Gasteiger partial charge in [-0.3, -0.25) is 4.79 Å². The van der Waals surface area contributed by atoms with E-state index in [1.54, 1.807) is 23.1 Å². The standard InChI is InChI=1S/C20H17F2NO2/c1-20(2)11-23(17-9-15(22)3-5-16(17)20)19(24)13-7-12-8-14(21)4-6-18(12)25-10-13/h3-9H,10-11H2,1-2H3. The summed E-state index contributed by atoms with van der Waals surface area (Å²) in [7, 11) is 0. The van der Waals surface area contributed by atoms with Crippen molar-refractivity contribution in [2.75, 3.05) is 18.1 Å². The maximum Gasteiger partial charge on any atom is 0.257 e. The average Bonchev–Trinajstić information content (AvgIpc) is 2.84. The van der Waals surface area contributed by atoms with Gasteiger partial charge in [-0.25, -0.2) is 8.78 Å². The number of anilines is 1. The second kappa shape index (κ2) is 5.41. The Morgan fingerprint density at radius 2 is 1.84 bits per heavy atom. The number of rotatable bonds is 1. The molecule has 2 aromatic carbocycles. The van der Waals surface area contributed by atoms with Gasteiger partial charge in [-0.2, -0.15) is 0 Å². The number of halogens is 2. The molecule has 0 aromatic heterocycles. The first-order valence-corrected chi connectivity index (χ1v) is 8.10. The Bertz CT molecular complexity index is 918. The fourth-order valence-corrected chi connectivity index (χ4v) is 3.49. The monoisotopic (exact) mass is 341 g/mol. The summed E-state index contributed by atoms with van der Waals surface area (Å²) in [6.45, 7) is 4.61. The summed E-state index contributed by atoms with van der Waals surface area (Å²) in [6, 6.07) is 8.74. The van der Waals surface area contributed by atoms with Gasteiger partial charge < -0.3 is 9.64 Å². The van der Waals surface area contributed by atoms with Crippen LogP contribution in [0.3, 0.4) is 0 Å². The van der Waals surface area contributed by atoms with E-state index in [1.165, 1.54) is 24.3 Å². The highest BCUT2D eigenvalue weighted by molar-refractivity contribution is 6.10. The number of hydrogen-bond acceptors (Lipinski definition) is 2. The largest absolute Gasteiger partial charge is 0.488 e. The van der Waals surface area contributed by atoms with E-state index < -0.39 is 0 Å². The van der Waals surface area contributed by atoms with E-state index in [9.17, 15) is 13.6 Å². The van der Waals surface area contributed by atoms with Gasteiger partial charge in [0.25, 0.3) is 5.91 Å². The highest BCUT2D eigenvalue weighted by Gasteiger charge is 2.39. The lowest BCUT2D eigenvalue weighted by Crippen LogP contribution is -2.36. The summed E-state index contributed by atoms with van der Waals surface area (Å²) in [5, 5.41) is 0. The van der Waals surface area contributed by atoms with Crippen LogP contribution in [0.4, 0.5) is 14.5 Å². The number of benzene rings is 2. The summed E-state index contributed by atoms with van der Waals surface area (Å²) < 4.78 is 32.7. The zero-order valence-electron chi connectivity index (χ0n) is 14.0. The van der Waals surface area contributed by atoms with Crippen molar-refractivity contribution in [2.45, 2.75) is 19.3 Å². The highest BCUT2D eigenvalue weighted by Crippen LogP contribution is 2.41. The number of hydrogen-bond donors (Lipinski definition) is 0. The zero-order chi connectivity index (χ0) is 17.8. The van der Waals surface area contributed by atoms with Crippen molar-refractivity contribution < 1.29 is 18.3 Å². The molecular weight excluding hydrogens is 324 g/mol. The van der Waals surface area contributed by atoms with E-state index in [0.29, 0.717) is 29.1 Å². The van der Waals surface area contributed by atoms with Crippen molar-refractivity contribution >= 4 is 17.7 Å². The van der Waals surface area contributed by atoms with Crippen LogP contribution in [0.1, 0.15) is 25.0 Å². The topological polar surface area (TPSA) is 29.5 Å². The van der Waals surface area contributed by atoms with Crippen molar-refractivity contribution in [3.8, 4) is 5.75 Å². The van der Waals surface area contributed by atoms with Crippen molar-refractivity contribution in [1.82, 2.24) is 0 Å². The molecule has 3 nitrogen and oxygen atoms in total. The van der Waals surface area contributed by atoms with Crippen molar-refractivity contribution in [2.24, 2.45) is 0 Å². The molecule has 2 aliphatic heterocycles. The van der Waals surface area contributed by atoms with Crippen LogP contribution in [-0.2, 0) is 10.2 Å². The second-order valence-electron chi connectivity index (χ2n) is 7.08. The molecule has 0 aliphatic carbocycles. The molecule has 2 aromatic rings. The van der Waals surface area contributed by atoms with Gasteiger partial charge in [-0.1, -0.05) is 19.9 Å². The molecule has 5 heteroatoms. The van der Waals surface area contributed by atoms with E-state index >= 15 is 0 Å². The lowest BCUT2D eigenvalue weighted by molar-refractivity contribution is -0.115. The number of nitrogens with zero attached hydrogens (tertiary/aromatic N) is 1. The Labute approximate surface area is 144 Å². The predicted molar refractivity (Wildman–Crippen MR) is 91.7 cm³/mol. The minimum atomic E-state index is -0.387. The lowest BCUT2D eigenvalue weighted by Gasteiger charge is -2.24. The number of ether oxygens (including phenoxy) is 1. The molecule has 128 valence electrons. The van der Waals surface area contributed by atoms with Crippen molar-refractivity contribution in [3.63, 3.8) is 0 Å². The van der Waals surface area contributed by atoms with E-state index in [1.807, 2.05) is 13.8 Å². The maximum absolute atomic E-state index is 13.7. The van der Waals surface area contributed by atoms with Gasteiger partial charge in [0.2, 0.25) is 0 Å². The fourth-order valence-electron chi connectivity index (χ4n) is 3.49. The third-order valence-electron chi connectivity index (χ3n) is 4.74. The quantitative estimate of drug-likeness (QED) is 0.783. The van der Waals surface area contributed by atoms with Crippen LogP contribution >= 0.6 is 0 Å². The Morgan fingerprint density at radius 3 is 2.64 bits per heavy atom. The van der Waals surface area contributed by atoms with Gasteiger partial charge >= 0.3 is 0 Å². The number of fused-ring (bicyclic) bond motifs is 2. The van der Waals surface area contributed by atoms with Crippen LogP contribution < -0.4 is 9.64 Å². The van der Waals surface area contributed by atoms with E-state index in [-0.39, 0.29) is 29.6 Å². The summed E-state index contributed by atoms with van der Waals surface area (Å²) in [4.78, 5) is 14.6. The molecule has 0 radical (unpaired) electrons. The van der Waals surface area contributed by atoms with Crippen LogP contribution in [0.15, 0.2) is 42.0 Å². The summed E-state index contributed by atoms with van der Waals surface area (Å²) in [5.41, 5.74) is 2.21. The molecule has 2 heterocycles. The molecule has 0 spiro atoms. The highest BCUT2D eigenvalue weighted by atomic mass is 19.1. The van der Waals surface area contributed by atoms with Crippen molar-refractivity contribution in [1.29, 1.82) is 0 Å². The van der Waals surface area contributed by atoms with Gasteiger partial charge in [0.1, 0.15) is 24.0 Å². The van der Waals surface area contributed by atoms with Gasteiger partial charge in [-0.05, 0) is 42.0 Å². The molecule has 0 saturated carbocycles. The zero-order valence-corrected chi connectivity index (χ0v) is 14.0. The Morgan fingerprint density at radius 1 is 1.12 bits per heavy atom. The van der Waals surface area contributed by atoms with Gasteiger partial charge in [0.05, 0.1) is 11.3 Å². The Kier molecular flexibility index (Phi) is 3.42. The SMILES string of the molecule is CC1(C)CN(C(=O)C2=Cc3cc(F)ccc3OC2)c2cc(F)ccc21. The van der Waals surface area contributed by atoms with E-state index in [0.717, 1.165) is 5.56 Å². The summed E-state index contributed by atoms with van der Waals surface area (Å²) in [5.74, 6) is -0.462. The van der Waals surface area contributed by atoms with E-state index in [2.05, 4.69) is 0 Å². The van der Waals surface area contributed by atoms with Crippen LogP contribution in [0.25, 0.3) is 6.08 Å². The first-order chi connectivity index (χ1) is 11.8. The molecule has 25 heavy (non-hydrogen) atoms. The van der Waals surface area contributed by atoms with Crippen LogP contribution in [-0.4, -0.2) is 19.1 Å². The third-order valence-corrected chi connectivity index (χ3v) is 4.74. The molecule has 0 atom stereocenters. The Hall–Kier alpha value is -2.69. The third kappa shape index (κ3) is 2.60. The number of amides is 1. The molecule has 0 saturated heterocycles. The van der Waals surface area contributed by atoms with Crippen molar-refractivity contribution in [3.05, 3.63) is 64.7 Å². The number of carbonyl (C=O) groups is 1. The first-order valence-electron chi connectivity index (χ1n) is 8.10. The smallest absolute Gasteiger partial charge is 0.257 e. The lowest BCUT2D eigenvalue weighted by atomic mass is 9.87. The molecule has 1 amide bonds. The normalized spacial score (nSPS) is 17.4. The Balaban J connectivity index is 1.72. The van der Waals surface area contributed by atoms with Gasteiger partial charge in [-0.15, -0.1) is 0 Å². The summed E-state index contributed by atoms with van der Waals surface area (Å²) >= 11 is 0. The number of carbonyl (C=O) groups excluding carboxylic acids is 1. The maximum atomic E-state index is 13.7. The predicted octanol–water partition coefficient (Wildman–Crippen LogP) is 4.07. The molecule has 0 fully saturated rings. The second-order valence-corrected chi connectivity index (χ2v) is 7.08. The first kappa shape index (κ1) is 15.8. The summed E-state index contributed by atoms with van der Waals surface area (Å²) in [6.07, 6.45) is 1.65. The van der Waals surface area contributed by atoms with Crippen LogP contribution in [0, 0.1) is 11.6 Å². The molecule has 4 rings (SSSR count). The fraction of sp³-hybridized carbons (Fsp3) is 0.250. The minimum absolute atomic E-state index is 0.110. The molecule has 0 unspecified atom stereocenters. The van der Waals surface area contributed by atoms with Gasteiger partial charge in [0.15, 0.2) is 0 Å². The molecule has 0 N–H and O–H groups in total. The van der Waals surface area contributed by atoms with Crippen LogP contribution in [0.5, 0.6) is 5.75 Å². The molecular formula is C20H17F2NO2. The minimum Gasteiger partial charge on any atom is -0.488 e. The molecule has 2 aliphatic rings. The van der Waals surface area contributed by atoms with E-state index in [4.69, 9.17) is 4.74 Å². The average molecular weight is 341 g/mol. The van der Waals surface area contributed by atoms with Crippen LogP contribution in [0.2, 0.25) is 0 Å². The molecule has 0 bridgehead atoms.